The zero-order valence-corrected chi connectivity index (χ0v) is 21.9. The van der Waals surface area contributed by atoms with Crippen molar-refractivity contribution < 1.29 is 14.7 Å². The van der Waals surface area contributed by atoms with E-state index in [4.69, 9.17) is 5.73 Å². The van der Waals surface area contributed by atoms with E-state index in [2.05, 4.69) is 38.0 Å². The van der Waals surface area contributed by atoms with Crippen LogP contribution >= 0.6 is 34.4 Å². The minimum atomic E-state index is -0.818. The van der Waals surface area contributed by atoms with Gasteiger partial charge in [0.2, 0.25) is 22.1 Å². The van der Waals surface area contributed by atoms with Crippen LogP contribution in [0.3, 0.4) is 0 Å². The molecule has 4 unspecified atom stereocenters. The average molecular weight is 516 g/mol. The molecule has 10 nitrogen and oxygen atoms in total. The van der Waals surface area contributed by atoms with Crippen molar-refractivity contribution in [2.75, 3.05) is 22.1 Å². The number of aliphatic hydroxyl groups is 1. The van der Waals surface area contributed by atoms with Gasteiger partial charge in [-0.15, -0.1) is 20.4 Å². The molecule has 0 aromatic carbocycles. The van der Waals surface area contributed by atoms with Crippen LogP contribution in [0.5, 0.6) is 0 Å². The van der Waals surface area contributed by atoms with Crippen LogP contribution in [-0.4, -0.2) is 61.0 Å². The summed E-state index contributed by atoms with van der Waals surface area (Å²) in [6, 6.07) is -0.818. The highest BCUT2D eigenvalue weighted by Gasteiger charge is 2.25. The number of hydrogen-bond donors (Lipinski definition) is 4. The maximum Gasteiger partial charge on any atom is 0.243 e. The third kappa shape index (κ3) is 9.24. The Morgan fingerprint density at radius 2 is 1.48 bits per heavy atom. The molecule has 2 heterocycles. The minimum absolute atomic E-state index is 0.0130. The van der Waals surface area contributed by atoms with E-state index < -0.39 is 12.1 Å². The predicted molar refractivity (Wildman–Crippen MR) is 135 cm³/mol. The normalized spacial score (nSPS) is 15.0. The molecule has 2 amide bonds. The smallest absolute Gasteiger partial charge is 0.243 e. The monoisotopic (exact) mass is 515 g/mol. The molecule has 33 heavy (non-hydrogen) atoms. The molecule has 2 aromatic heterocycles. The first-order valence-electron chi connectivity index (χ1n) is 11.0. The van der Waals surface area contributed by atoms with E-state index in [0.717, 1.165) is 47.2 Å². The van der Waals surface area contributed by atoms with Gasteiger partial charge in [-0.1, -0.05) is 49.9 Å². The number of thioether (sulfide) groups is 1. The van der Waals surface area contributed by atoms with Crippen LogP contribution in [0.25, 0.3) is 0 Å². The molecule has 0 spiro atoms. The summed E-state index contributed by atoms with van der Waals surface area (Å²) in [4.78, 5) is 24.2. The van der Waals surface area contributed by atoms with Crippen molar-refractivity contribution in [2.24, 2.45) is 17.6 Å². The van der Waals surface area contributed by atoms with Crippen LogP contribution in [0.1, 0.15) is 50.6 Å². The molecule has 2 aromatic rings. The second-order valence-electron chi connectivity index (χ2n) is 7.91. The number of amides is 2. The van der Waals surface area contributed by atoms with Crippen LogP contribution in [0.4, 0.5) is 10.3 Å². The Labute approximate surface area is 206 Å². The number of aromatic nitrogens is 4. The fourth-order valence-electron chi connectivity index (χ4n) is 2.75. The summed E-state index contributed by atoms with van der Waals surface area (Å²) >= 11 is 4.50. The van der Waals surface area contributed by atoms with Crippen molar-refractivity contribution in [1.82, 2.24) is 20.4 Å². The van der Waals surface area contributed by atoms with E-state index >= 15 is 0 Å². The van der Waals surface area contributed by atoms with Gasteiger partial charge in [0, 0.05) is 24.7 Å². The number of aryl methyl sites for hydroxylation is 2. The summed E-state index contributed by atoms with van der Waals surface area (Å²) in [5.41, 5.74) is 5.88. The summed E-state index contributed by atoms with van der Waals surface area (Å²) in [5.74, 6) is 0.950. The summed E-state index contributed by atoms with van der Waals surface area (Å²) in [7, 11) is 0. The number of carbonyl (C=O) groups excluding carboxylic acids is 2. The molecule has 0 saturated carbocycles. The zero-order valence-electron chi connectivity index (χ0n) is 19.4. The fourth-order valence-corrected chi connectivity index (χ4v) is 5.37. The molecule has 184 valence electrons. The average Bonchev–Trinajstić information content (AvgIpc) is 3.41. The topological polar surface area (TPSA) is 156 Å². The Kier molecular flexibility index (Phi) is 11.6. The van der Waals surface area contributed by atoms with Crippen molar-refractivity contribution >= 4 is 56.5 Å². The van der Waals surface area contributed by atoms with E-state index in [9.17, 15) is 14.7 Å². The molecule has 13 heteroatoms. The van der Waals surface area contributed by atoms with Gasteiger partial charge in [-0.05, 0) is 24.9 Å². The molecular formula is C20H33N7O3S3. The van der Waals surface area contributed by atoms with Crippen LogP contribution in [-0.2, 0) is 22.4 Å². The predicted octanol–water partition coefficient (Wildman–Crippen LogP) is 2.57. The quantitative estimate of drug-likeness (QED) is 0.278. The maximum absolute atomic E-state index is 12.2. The number of rotatable bonds is 14. The highest BCUT2D eigenvalue weighted by Crippen LogP contribution is 2.21. The molecule has 0 radical (unpaired) electrons. The Morgan fingerprint density at radius 3 is 1.97 bits per heavy atom. The van der Waals surface area contributed by atoms with Gasteiger partial charge in [0.15, 0.2) is 0 Å². The van der Waals surface area contributed by atoms with Gasteiger partial charge >= 0.3 is 0 Å². The first kappa shape index (κ1) is 27.6. The molecule has 4 atom stereocenters. The zero-order chi connectivity index (χ0) is 24.4. The Morgan fingerprint density at radius 1 is 0.970 bits per heavy atom. The largest absolute Gasteiger partial charge is 0.393 e. The number of nitrogens with two attached hydrogens (primary N) is 1. The standard InChI is InChI=1S/C20H33N7O3S3/c1-5-6-11(2)17(29)22-19-26-24-14(32-19)7-9-31-10-8-15-25-27-20(33-15)23-18(30)16(21)12(3)13(4)28/h11-13,16,28H,5-10,21H2,1-4H3,(H,22,26,29)(H,23,27,30). The Hall–Kier alpha value is -1.67. The first-order valence-corrected chi connectivity index (χ1v) is 13.8. The van der Waals surface area contributed by atoms with Crippen LogP contribution in [0.2, 0.25) is 0 Å². The second-order valence-corrected chi connectivity index (χ2v) is 11.3. The Bertz CT molecular complexity index is 890. The third-order valence-corrected chi connectivity index (χ3v) is 7.90. The molecule has 0 bridgehead atoms. The van der Waals surface area contributed by atoms with Crippen molar-refractivity contribution in [3.8, 4) is 0 Å². The maximum atomic E-state index is 12.2. The SMILES string of the molecule is CCCC(C)C(=O)Nc1nnc(CCSCCc2nnc(NC(=O)C(N)C(C)C(C)O)s2)s1. The fraction of sp³-hybridized carbons (Fsp3) is 0.700. The lowest BCUT2D eigenvalue weighted by atomic mass is 9.97. The first-order chi connectivity index (χ1) is 15.7. The number of anilines is 2. The Balaban J connectivity index is 1.67. The van der Waals surface area contributed by atoms with Crippen LogP contribution in [0, 0.1) is 11.8 Å². The molecule has 0 fully saturated rings. The lowest BCUT2D eigenvalue weighted by molar-refractivity contribution is -0.120. The molecule has 0 aliphatic heterocycles. The number of carbonyl (C=O) groups is 2. The lowest BCUT2D eigenvalue weighted by Crippen LogP contribution is -2.44. The van der Waals surface area contributed by atoms with Crippen molar-refractivity contribution in [1.29, 1.82) is 0 Å². The number of nitrogens with zero attached hydrogens (tertiary/aromatic N) is 4. The summed E-state index contributed by atoms with van der Waals surface area (Å²) in [6.45, 7) is 7.31. The minimum Gasteiger partial charge on any atom is -0.393 e. The number of hydrogen-bond acceptors (Lipinski definition) is 11. The molecule has 0 aliphatic carbocycles. The lowest BCUT2D eigenvalue weighted by Gasteiger charge is -2.20. The summed E-state index contributed by atoms with van der Waals surface area (Å²) < 4.78 is 0. The van der Waals surface area contributed by atoms with Gasteiger partial charge in [0.05, 0.1) is 12.1 Å². The number of nitrogens with one attached hydrogen (secondary N) is 2. The molecular weight excluding hydrogens is 482 g/mol. The van der Waals surface area contributed by atoms with Crippen LogP contribution < -0.4 is 16.4 Å². The molecule has 2 rings (SSSR count). The number of aliphatic hydroxyl groups excluding tert-OH is 1. The van der Waals surface area contributed by atoms with Crippen molar-refractivity contribution in [3.63, 3.8) is 0 Å². The van der Waals surface area contributed by atoms with E-state index in [0.29, 0.717) is 10.3 Å². The van der Waals surface area contributed by atoms with Gasteiger partial charge in [-0.2, -0.15) is 11.8 Å². The second kappa shape index (κ2) is 13.9. The van der Waals surface area contributed by atoms with Crippen LogP contribution in [0.15, 0.2) is 0 Å². The van der Waals surface area contributed by atoms with E-state index in [1.54, 1.807) is 25.6 Å². The van der Waals surface area contributed by atoms with E-state index in [-0.39, 0.29) is 23.7 Å². The van der Waals surface area contributed by atoms with E-state index in [1.807, 2.05) is 6.92 Å². The molecule has 5 N–H and O–H groups in total. The molecule has 0 saturated heterocycles. The molecule has 0 aliphatic rings. The van der Waals surface area contributed by atoms with Crippen molar-refractivity contribution in [3.05, 3.63) is 10.0 Å². The highest BCUT2D eigenvalue weighted by molar-refractivity contribution is 7.99. The summed E-state index contributed by atoms with van der Waals surface area (Å²) in [6.07, 6.45) is 2.66. The van der Waals surface area contributed by atoms with Gasteiger partial charge in [0.25, 0.3) is 0 Å². The van der Waals surface area contributed by atoms with Gasteiger partial charge in [-0.3, -0.25) is 14.9 Å². The van der Waals surface area contributed by atoms with Gasteiger partial charge < -0.3 is 16.2 Å². The highest BCUT2D eigenvalue weighted by atomic mass is 32.2. The summed E-state index contributed by atoms with van der Waals surface area (Å²) in [5, 5.41) is 34.1. The van der Waals surface area contributed by atoms with E-state index in [1.165, 1.54) is 22.7 Å². The van der Waals surface area contributed by atoms with Gasteiger partial charge in [0.1, 0.15) is 10.0 Å². The van der Waals surface area contributed by atoms with Crippen molar-refractivity contribution in [2.45, 2.75) is 65.5 Å². The van der Waals surface area contributed by atoms with Gasteiger partial charge in [-0.25, -0.2) is 0 Å². The third-order valence-electron chi connectivity index (χ3n) is 5.11.